The average molecular weight is 587 g/mol. The molecule has 0 spiro atoms. The molecule has 2 aromatic rings. The number of phenols is 1. The Morgan fingerprint density at radius 3 is 2.30 bits per heavy atom. The molecule has 0 heterocycles. The van der Waals surface area contributed by atoms with Crippen molar-refractivity contribution in [3.05, 3.63) is 69.2 Å². The molecular weight excluding hydrogens is 548 g/mol. The maximum Gasteiger partial charge on any atom is 0.209 e. The standard InChI is InChI=1S/C35H38O8/c1-8-17-20-13-21-25-19(18(20)10-12-23(17)43-7)9-11-22(37)26(25)30(39)28-32(41)35(42)31(40)24(16(4)36)29(38)27(15(2)3)34(35,6)14-33(21,28)5/h9-12,15,21,27,37-38,41-42H,8,13-14H2,1-7H3/t21?,27?,33-,34+,35-/m0/s1. The summed E-state index contributed by atoms with van der Waals surface area (Å²) in [6, 6.07) is 7.15. The lowest BCUT2D eigenvalue weighted by molar-refractivity contribution is -0.172. The first-order valence-corrected chi connectivity index (χ1v) is 14.9. The van der Waals surface area contributed by atoms with Gasteiger partial charge in [-0.1, -0.05) is 46.8 Å². The van der Waals surface area contributed by atoms with Gasteiger partial charge in [0.15, 0.2) is 17.2 Å². The predicted molar refractivity (Wildman–Crippen MR) is 159 cm³/mol. The van der Waals surface area contributed by atoms with E-state index in [1.54, 1.807) is 14.0 Å². The molecule has 0 amide bonds. The molecule has 8 nitrogen and oxygen atoms in total. The molecule has 0 aromatic heterocycles. The third-order valence-electron chi connectivity index (χ3n) is 11.0. The van der Waals surface area contributed by atoms with Crippen molar-refractivity contribution < 1.29 is 39.5 Å². The van der Waals surface area contributed by atoms with Crippen molar-refractivity contribution in [2.24, 2.45) is 22.7 Å². The summed E-state index contributed by atoms with van der Waals surface area (Å²) < 4.78 is 5.70. The summed E-state index contributed by atoms with van der Waals surface area (Å²) in [4.78, 5) is 41.1. The minimum Gasteiger partial charge on any atom is -0.511 e. The highest BCUT2D eigenvalue weighted by molar-refractivity contribution is 6.25. The van der Waals surface area contributed by atoms with Crippen LogP contribution in [0, 0.1) is 22.7 Å². The molecule has 0 aliphatic heterocycles. The summed E-state index contributed by atoms with van der Waals surface area (Å²) >= 11 is 0. The van der Waals surface area contributed by atoms with Gasteiger partial charge >= 0.3 is 0 Å². The highest BCUT2D eigenvalue weighted by Crippen LogP contribution is 2.69. The number of hydrogen-bond acceptors (Lipinski definition) is 8. The number of carbonyl (C=O) groups excluding carboxylic acids is 3. The van der Waals surface area contributed by atoms with Gasteiger partial charge in [0.05, 0.1) is 12.7 Å². The van der Waals surface area contributed by atoms with Gasteiger partial charge < -0.3 is 25.2 Å². The molecule has 6 rings (SSSR count). The van der Waals surface area contributed by atoms with E-state index >= 15 is 0 Å². The van der Waals surface area contributed by atoms with Crippen LogP contribution in [0.4, 0.5) is 0 Å². The van der Waals surface area contributed by atoms with E-state index in [4.69, 9.17) is 4.74 Å². The number of aromatic hydroxyl groups is 1. The Morgan fingerprint density at radius 1 is 1.07 bits per heavy atom. The van der Waals surface area contributed by atoms with E-state index in [1.807, 2.05) is 45.9 Å². The van der Waals surface area contributed by atoms with Crippen LogP contribution in [0.15, 0.2) is 46.9 Å². The maximum atomic E-state index is 14.4. The minimum atomic E-state index is -2.64. The molecule has 226 valence electrons. The van der Waals surface area contributed by atoms with E-state index in [0.717, 1.165) is 34.9 Å². The van der Waals surface area contributed by atoms with Gasteiger partial charge in [-0.2, -0.15) is 0 Å². The first-order valence-electron chi connectivity index (χ1n) is 14.9. The second kappa shape index (κ2) is 9.05. The van der Waals surface area contributed by atoms with Gasteiger partial charge in [-0.05, 0) is 78.0 Å². The first-order chi connectivity index (χ1) is 20.1. The van der Waals surface area contributed by atoms with E-state index in [0.29, 0.717) is 18.4 Å². The number of carbonyl (C=O) groups is 3. The quantitative estimate of drug-likeness (QED) is 0.335. The number of Topliss-reactive ketones (excluding diaryl/α,β-unsaturated/α-hetero) is 3. The van der Waals surface area contributed by atoms with Crippen molar-refractivity contribution in [2.45, 2.75) is 72.3 Å². The van der Waals surface area contributed by atoms with Crippen molar-refractivity contribution in [2.75, 3.05) is 7.11 Å². The van der Waals surface area contributed by atoms with Crippen molar-refractivity contribution in [1.82, 2.24) is 0 Å². The van der Waals surface area contributed by atoms with Crippen molar-refractivity contribution in [1.29, 1.82) is 0 Å². The van der Waals surface area contributed by atoms with Gasteiger partial charge in [0.1, 0.15) is 28.6 Å². The molecule has 4 N–H and O–H groups in total. The van der Waals surface area contributed by atoms with Gasteiger partial charge in [-0.25, -0.2) is 0 Å². The summed E-state index contributed by atoms with van der Waals surface area (Å²) in [5.41, 5.74) is -1.43. The zero-order chi connectivity index (χ0) is 31.5. The van der Waals surface area contributed by atoms with Crippen LogP contribution in [-0.4, -0.2) is 50.5 Å². The zero-order valence-corrected chi connectivity index (χ0v) is 25.6. The molecule has 2 aromatic carbocycles. The largest absolute Gasteiger partial charge is 0.511 e. The van der Waals surface area contributed by atoms with Crippen LogP contribution in [-0.2, 0) is 22.4 Å². The van der Waals surface area contributed by atoms with Crippen LogP contribution in [0.2, 0.25) is 0 Å². The molecule has 43 heavy (non-hydrogen) atoms. The number of aliphatic hydroxyl groups is 3. The Balaban J connectivity index is 1.71. The van der Waals surface area contributed by atoms with Crippen LogP contribution in [0.5, 0.6) is 11.5 Å². The minimum absolute atomic E-state index is 0.0436. The fraction of sp³-hybridized carbons (Fsp3) is 0.457. The number of ether oxygens (including phenoxy) is 1. The second-order valence-corrected chi connectivity index (χ2v) is 13.4. The number of phenolic OH excluding ortho intramolecular Hbond substituents is 1. The van der Waals surface area contributed by atoms with Crippen LogP contribution in [0.3, 0.4) is 0 Å². The predicted octanol–water partition coefficient (Wildman–Crippen LogP) is 5.68. The number of rotatable bonds is 4. The number of fused-ring (bicyclic) bond motifs is 5. The van der Waals surface area contributed by atoms with Crippen LogP contribution >= 0.6 is 0 Å². The number of benzene rings is 2. The summed E-state index contributed by atoms with van der Waals surface area (Å²) in [5, 5.41) is 47.0. The number of ketones is 3. The van der Waals surface area contributed by atoms with Crippen molar-refractivity contribution in [3.8, 4) is 22.6 Å². The molecule has 2 unspecified atom stereocenters. The monoisotopic (exact) mass is 586 g/mol. The Labute approximate surface area is 250 Å². The van der Waals surface area contributed by atoms with Crippen LogP contribution < -0.4 is 4.74 Å². The van der Waals surface area contributed by atoms with E-state index in [9.17, 15) is 34.8 Å². The maximum absolute atomic E-state index is 14.4. The highest BCUT2D eigenvalue weighted by Gasteiger charge is 2.72. The summed E-state index contributed by atoms with van der Waals surface area (Å²) in [7, 11) is 1.62. The zero-order valence-electron chi connectivity index (χ0n) is 25.6. The van der Waals surface area contributed by atoms with Gasteiger partial charge in [0.2, 0.25) is 5.78 Å². The van der Waals surface area contributed by atoms with Crippen LogP contribution in [0.1, 0.15) is 80.9 Å². The second-order valence-electron chi connectivity index (χ2n) is 13.4. The fourth-order valence-corrected chi connectivity index (χ4v) is 9.37. The van der Waals surface area contributed by atoms with Gasteiger partial charge in [0.25, 0.3) is 0 Å². The van der Waals surface area contributed by atoms with E-state index in [1.165, 1.54) is 6.07 Å². The summed E-state index contributed by atoms with van der Waals surface area (Å²) in [6.07, 6.45) is 1.19. The molecule has 0 fully saturated rings. The molecule has 4 aliphatic carbocycles. The molecule has 0 saturated carbocycles. The lowest BCUT2D eigenvalue weighted by Gasteiger charge is -2.61. The SMILES string of the molecule is CCc1c(OC)ccc2c1CC1c3c-2ccc(O)c3C(=O)C2=C(O)[C@@]3(O)C(=O)C(C(C)=O)=C(O)C(C(C)C)[C@@]3(C)C[C@]21C. The topological polar surface area (TPSA) is 141 Å². The van der Waals surface area contributed by atoms with E-state index in [2.05, 4.69) is 0 Å². The number of allylic oxidation sites excluding steroid dienone is 2. The summed E-state index contributed by atoms with van der Waals surface area (Å²) in [5.74, 6) is -4.88. The van der Waals surface area contributed by atoms with Gasteiger partial charge in [-0.15, -0.1) is 0 Å². The number of methoxy groups -OCH3 is 1. The average Bonchev–Trinajstić information content (AvgIpc) is 2.92. The van der Waals surface area contributed by atoms with Crippen molar-refractivity contribution in [3.63, 3.8) is 0 Å². The molecule has 0 radical (unpaired) electrons. The molecule has 0 bridgehead atoms. The lowest BCUT2D eigenvalue weighted by atomic mass is 9.42. The lowest BCUT2D eigenvalue weighted by Crippen LogP contribution is -2.68. The highest BCUT2D eigenvalue weighted by atomic mass is 16.5. The van der Waals surface area contributed by atoms with E-state index in [-0.39, 0.29) is 29.2 Å². The Morgan fingerprint density at radius 2 is 1.72 bits per heavy atom. The number of aliphatic hydroxyl groups excluding tert-OH is 2. The van der Waals surface area contributed by atoms with Gasteiger partial charge in [-0.3, -0.25) is 14.4 Å². The first kappa shape index (κ1) is 29.2. The van der Waals surface area contributed by atoms with E-state index < -0.39 is 62.7 Å². The molecule has 8 heteroatoms. The smallest absolute Gasteiger partial charge is 0.209 e. The Bertz CT molecular complexity index is 1730. The van der Waals surface area contributed by atoms with Gasteiger partial charge in [0, 0.05) is 22.3 Å². The molecule has 4 aliphatic rings. The molecule has 0 saturated heterocycles. The molecule has 5 atom stereocenters. The third kappa shape index (κ3) is 3.27. The van der Waals surface area contributed by atoms with Crippen LogP contribution in [0.25, 0.3) is 11.1 Å². The Kier molecular flexibility index (Phi) is 6.14. The Hall–Kier alpha value is -3.91. The molecular formula is C35H38O8. The summed E-state index contributed by atoms with van der Waals surface area (Å²) in [6.45, 7) is 10.3. The third-order valence-corrected chi connectivity index (χ3v) is 11.0. The number of hydrogen-bond donors (Lipinski definition) is 4. The fourth-order valence-electron chi connectivity index (χ4n) is 9.37. The normalized spacial score (nSPS) is 31.0. The van der Waals surface area contributed by atoms with Crippen molar-refractivity contribution >= 4 is 17.3 Å².